The predicted octanol–water partition coefficient (Wildman–Crippen LogP) is 1.99. The van der Waals surface area contributed by atoms with Crippen LogP contribution in [0, 0.1) is 5.82 Å². The van der Waals surface area contributed by atoms with Crippen molar-refractivity contribution in [1.29, 1.82) is 0 Å². The van der Waals surface area contributed by atoms with Crippen molar-refractivity contribution < 1.29 is 9.18 Å². The molecule has 1 aromatic carbocycles. The largest absolute Gasteiger partial charge is 0.352 e. The number of carbonyl (C=O) groups excluding carboxylic acids is 1. The van der Waals surface area contributed by atoms with Gasteiger partial charge in [-0.15, -0.1) is 12.6 Å². The van der Waals surface area contributed by atoms with Gasteiger partial charge in [0.1, 0.15) is 5.82 Å². The van der Waals surface area contributed by atoms with Gasteiger partial charge < -0.3 is 10.6 Å². The van der Waals surface area contributed by atoms with Crippen LogP contribution in [0.1, 0.15) is 29.6 Å². The summed E-state index contributed by atoms with van der Waals surface area (Å²) < 4.78 is 13.4. The Morgan fingerprint density at radius 2 is 2.17 bits per heavy atom. The summed E-state index contributed by atoms with van der Waals surface area (Å²) in [6.07, 6.45) is 3.36. The minimum absolute atomic E-state index is 0.0534. The first-order valence-electron chi connectivity index (χ1n) is 6.17. The summed E-state index contributed by atoms with van der Waals surface area (Å²) in [6, 6.07) is 4.90. The molecule has 1 aliphatic rings. The summed E-state index contributed by atoms with van der Waals surface area (Å²) in [4.78, 5) is 12.3. The van der Waals surface area contributed by atoms with Crippen molar-refractivity contribution in [1.82, 2.24) is 10.6 Å². The number of hydrogen-bond donors (Lipinski definition) is 3. The Morgan fingerprint density at radius 1 is 1.39 bits per heavy atom. The van der Waals surface area contributed by atoms with E-state index in [0.29, 0.717) is 17.5 Å². The summed E-state index contributed by atoms with van der Waals surface area (Å²) in [6.45, 7) is 1.44. The number of hydrogen-bond acceptors (Lipinski definition) is 3. The van der Waals surface area contributed by atoms with Crippen molar-refractivity contribution in [3.05, 3.63) is 29.6 Å². The molecule has 0 radical (unpaired) electrons. The molecule has 0 aromatic heterocycles. The van der Waals surface area contributed by atoms with Gasteiger partial charge in [-0.05, 0) is 44.0 Å². The molecule has 0 heterocycles. The smallest absolute Gasteiger partial charge is 0.254 e. The van der Waals surface area contributed by atoms with Crippen LogP contribution in [-0.4, -0.2) is 25.0 Å². The fourth-order valence-electron chi connectivity index (χ4n) is 1.67. The highest BCUT2D eigenvalue weighted by Gasteiger charge is 2.19. The molecule has 5 heteroatoms. The molecule has 2 rings (SSSR count). The Bertz CT molecular complexity index is 435. The van der Waals surface area contributed by atoms with E-state index in [1.807, 2.05) is 0 Å². The van der Waals surface area contributed by atoms with E-state index in [1.54, 1.807) is 0 Å². The molecule has 1 aliphatic carbocycles. The lowest BCUT2D eigenvalue weighted by molar-refractivity contribution is 0.0949. The molecule has 0 unspecified atom stereocenters. The maximum Gasteiger partial charge on any atom is 0.254 e. The first kappa shape index (κ1) is 13.4. The fraction of sp³-hybridized carbons (Fsp3) is 0.462. The van der Waals surface area contributed by atoms with Crippen LogP contribution in [0.4, 0.5) is 4.39 Å². The van der Waals surface area contributed by atoms with Gasteiger partial charge in [-0.2, -0.15) is 0 Å². The monoisotopic (exact) mass is 268 g/mol. The average Bonchev–Trinajstić information content (AvgIpc) is 3.15. The van der Waals surface area contributed by atoms with Gasteiger partial charge in [-0.3, -0.25) is 4.79 Å². The molecule has 3 nitrogen and oxygen atoms in total. The van der Waals surface area contributed by atoms with Gasteiger partial charge in [0.2, 0.25) is 0 Å². The quantitative estimate of drug-likeness (QED) is 0.545. The molecule has 1 saturated carbocycles. The Labute approximate surface area is 112 Å². The highest BCUT2D eigenvalue weighted by molar-refractivity contribution is 7.80. The first-order chi connectivity index (χ1) is 8.66. The Hall–Kier alpha value is -1.07. The van der Waals surface area contributed by atoms with Crippen LogP contribution in [0.15, 0.2) is 23.1 Å². The minimum atomic E-state index is -0.513. The third-order valence-corrected chi connectivity index (χ3v) is 3.12. The van der Waals surface area contributed by atoms with E-state index >= 15 is 0 Å². The molecule has 2 N–H and O–H groups in total. The van der Waals surface area contributed by atoms with Gasteiger partial charge in [0, 0.05) is 17.5 Å². The fourth-order valence-corrected chi connectivity index (χ4v) is 1.87. The average molecular weight is 268 g/mol. The van der Waals surface area contributed by atoms with Gasteiger partial charge in [0.25, 0.3) is 5.91 Å². The molecule has 0 saturated heterocycles. The highest BCUT2D eigenvalue weighted by Crippen LogP contribution is 2.18. The lowest BCUT2D eigenvalue weighted by atomic mass is 10.2. The van der Waals surface area contributed by atoms with Crippen LogP contribution >= 0.6 is 12.6 Å². The number of benzene rings is 1. The Morgan fingerprint density at radius 3 is 2.89 bits per heavy atom. The Kier molecular flexibility index (Phi) is 4.60. The molecule has 0 aliphatic heterocycles. The molecule has 0 bridgehead atoms. The zero-order valence-corrected chi connectivity index (χ0v) is 11.0. The van der Waals surface area contributed by atoms with Gasteiger partial charge >= 0.3 is 0 Å². The number of nitrogens with one attached hydrogen (secondary N) is 2. The standard InChI is InChI=1S/C13H17FN2OS/c14-12-5-4-10(18)8-11(12)13(17)16-7-1-6-15-9-2-3-9/h4-5,8-9,15,18H,1-3,6-7H2,(H,16,17). The lowest BCUT2D eigenvalue weighted by Gasteiger charge is -2.07. The highest BCUT2D eigenvalue weighted by atomic mass is 32.1. The third kappa shape index (κ3) is 3.99. The number of rotatable bonds is 6. The first-order valence-corrected chi connectivity index (χ1v) is 6.61. The number of halogens is 1. The molecule has 1 amide bonds. The molecule has 0 spiro atoms. The second-order valence-electron chi connectivity index (χ2n) is 4.50. The van der Waals surface area contributed by atoms with E-state index < -0.39 is 5.82 Å². The molecule has 18 heavy (non-hydrogen) atoms. The van der Waals surface area contributed by atoms with Crippen molar-refractivity contribution in [2.45, 2.75) is 30.2 Å². The van der Waals surface area contributed by atoms with E-state index in [1.165, 1.54) is 31.0 Å². The van der Waals surface area contributed by atoms with Gasteiger partial charge in [-0.1, -0.05) is 0 Å². The topological polar surface area (TPSA) is 41.1 Å². The van der Waals surface area contributed by atoms with E-state index in [4.69, 9.17) is 0 Å². The van der Waals surface area contributed by atoms with Crippen LogP contribution in [0.2, 0.25) is 0 Å². The van der Waals surface area contributed by atoms with Gasteiger partial charge in [-0.25, -0.2) is 4.39 Å². The van der Waals surface area contributed by atoms with Crippen molar-refractivity contribution >= 4 is 18.5 Å². The van der Waals surface area contributed by atoms with Gasteiger partial charge in [0.05, 0.1) is 5.56 Å². The Balaban J connectivity index is 1.74. The summed E-state index contributed by atoms with van der Waals surface area (Å²) >= 11 is 4.09. The molecule has 1 aromatic rings. The van der Waals surface area contributed by atoms with E-state index in [2.05, 4.69) is 23.3 Å². The molecular weight excluding hydrogens is 251 g/mol. The van der Waals surface area contributed by atoms with Gasteiger partial charge in [0.15, 0.2) is 0 Å². The third-order valence-electron chi connectivity index (χ3n) is 2.84. The molecular formula is C13H17FN2OS. The normalized spacial score (nSPS) is 14.6. The van der Waals surface area contributed by atoms with E-state index in [9.17, 15) is 9.18 Å². The van der Waals surface area contributed by atoms with Crippen molar-refractivity contribution in [3.8, 4) is 0 Å². The van der Waals surface area contributed by atoms with Crippen LogP contribution in [0.25, 0.3) is 0 Å². The summed E-state index contributed by atoms with van der Waals surface area (Å²) in [5.74, 6) is -0.892. The number of amides is 1. The van der Waals surface area contributed by atoms with E-state index in [0.717, 1.165) is 13.0 Å². The zero-order chi connectivity index (χ0) is 13.0. The van der Waals surface area contributed by atoms with Crippen LogP contribution in [0.5, 0.6) is 0 Å². The SMILES string of the molecule is O=C(NCCCNC1CC1)c1cc(S)ccc1F. The van der Waals surface area contributed by atoms with Crippen molar-refractivity contribution in [2.75, 3.05) is 13.1 Å². The zero-order valence-electron chi connectivity index (χ0n) is 10.1. The van der Waals surface area contributed by atoms with Crippen LogP contribution in [-0.2, 0) is 0 Å². The second kappa shape index (κ2) is 6.20. The maximum atomic E-state index is 13.4. The van der Waals surface area contributed by atoms with E-state index in [-0.39, 0.29) is 11.5 Å². The predicted molar refractivity (Wildman–Crippen MR) is 71.6 cm³/mol. The molecule has 0 atom stereocenters. The lowest BCUT2D eigenvalue weighted by Crippen LogP contribution is -2.28. The van der Waals surface area contributed by atoms with Crippen molar-refractivity contribution in [2.24, 2.45) is 0 Å². The van der Waals surface area contributed by atoms with Crippen LogP contribution in [0.3, 0.4) is 0 Å². The summed E-state index contributed by atoms with van der Waals surface area (Å²) in [5.41, 5.74) is 0.0534. The second-order valence-corrected chi connectivity index (χ2v) is 5.02. The molecule has 98 valence electrons. The molecule has 1 fully saturated rings. The minimum Gasteiger partial charge on any atom is -0.352 e. The maximum absolute atomic E-state index is 13.4. The number of thiol groups is 1. The van der Waals surface area contributed by atoms with Crippen LogP contribution < -0.4 is 10.6 Å². The van der Waals surface area contributed by atoms with Crippen molar-refractivity contribution in [3.63, 3.8) is 0 Å². The summed E-state index contributed by atoms with van der Waals surface area (Å²) in [7, 11) is 0. The summed E-state index contributed by atoms with van der Waals surface area (Å²) in [5, 5.41) is 6.06. The number of carbonyl (C=O) groups is 1.